The van der Waals surface area contributed by atoms with E-state index >= 15 is 0 Å². The number of nitrogens with one attached hydrogen (secondary N) is 1. The van der Waals surface area contributed by atoms with Gasteiger partial charge in [-0.15, -0.1) is 11.3 Å². The van der Waals surface area contributed by atoms with Crippen LogP contribution < -0.4 is 5.32 Å². The van der Waals surface area contributed by atoms with Crippen LogP contribution in [0.3, 0.4) is 0 Å². The van der Waals surface area contributed by atoms with E-state index < -0.39 is 0 Å². The summed E-state index contributed by atoms with van der Waals surface area (Å²) in [6, 6.07) is 7.93. The van der Waals surface area contributed by atoms with Gasteiger partial charge in [-0.25, -0.2) is 14.4 Å². The zero-order valence-electron chi connectivity index (χ0n) is 13.0. The molecular formula is C17H12BrClFN3OS. The first-order chi connectivity index (χ1) is 11.9. The van der Waals surface area contributed by atoms with Crippen LogP contribution in [-0.2, 0) is 6.42 Å². The summed E-state index contributed by atoms with van der Waals surface area (Å²) in [4.78, 5) is 21.7. The summed E-state index contributed by atoms with van der Waals surface area (Å²) in [5.74, 6) is -0.641. The molecule has 0 aliphatic rings. The maximum atomic E-state index is 13.0. The molecule has 128 valence electrons. The number of nitrogens with zero attached hydrogens (tertiary/aromatic N) is 2. The highest BCUT2D eigenvalue weighted by molar-refractivity contribution is 9.10. The zero-order valence-corrected chi connectivity index (χ0v) is 16.2. The second-order valence-corrected chi connectivity index (χ2v) is 7.63. The maximum absolute atomic E-state index is 13.0. The van der Waals surface area contributed by atoms with Gasteiger partial charge in [-0.3, -0.25) is 10.1 Å². The molecule has 4 nitrogen and oxygen atoms in total. The predicted octanol–water partition coefficient (Wildman–Crippen LogP) is 5.24. The lowest BCUT2D eigenvalue weighted by Gasteiger charge is -2.03. The van der Waals surface area contributed by atoms with Gasteiger partial charge in [0.15, 0.2) is 5.13 Å². The van der Waals surface area contributed by atoms with Gasteiger partial charge in [-0.1, -0.05) is 23.7 Å². The molecule has 0 radical (unpaired) electrons. The van der Waals surface area contributed by atoms with Crippen molar-refractivity contribution in [3.05, 3.63) is 73.7 Å². The number of halogens is 3. The summed E-state index contributed by atoms with van der Waals surface area (Å²) < 4.78 is 13.7. The molecule has 0 unspecified atom stereocenters. The molecule has 2 aromatic heterocycles. The first-order valence-corrected chi connectivity index (χ1v) is 9.24. The minimum absolute atomic E-state index is 0.125. The number of amides is 1. The number of aromatic nitrogens is 2. The van der Waals surface area contributed by atoms with E-state index in [2.05, 4.69) is 31.2 Å². The molecule has 0 atom stereocenters. The quantitative estimate of drug-likeness (QED) is 0.564. The average Bonchev–Trinajstić information content (AvgIpc) is 2.91. The first kappa shape index (κ1) is 18.0. The van der Waals surface area contributed by atoms with E-state index in [1.165, 1.54) is 29.7 Å². The van der Waals surface area contributed by atoms with Crippen LogP contribution in [0.4, 0.5) is 9.52 Å². The van der Waals surface area contributed by atoms with E-state index in [1.54, 1.807) is 18.2 Å². The predicted molar refractivity (Wildman–Crippen MR) is 101 cm³/mol. The fraction of sp³-hybridized carbons (Fsp3) is 0.118. The number of hydrogen-bond donors (Lipinski definition) is 1. The Hall–Kier alpha value is -1.83. The normalized spacial score (nSPS) is 10.7. The smallest absolute Gasteiger partial charge is 0.260 e. The highest BCUT2D eigenvalue weighted by Gasteiger charge is 2.16. The summed E-state index contributed by atoms with van der Waals surface area (Å²) in [7, 11) is 0. The van der Waals surface area contributed by atoms with Gasteiger partial charge >= 0.3 is 0 Å². The molecule has 25 heavy (non-hydrogen) atoms. The number of benzene rings is 1. The number of thiazole rings is 1. The lowest BCUT2D eigenvalue weighted by molar-refractivity contribution is 0.102. The Kier molecular flexibility index (Phi) is 5.46. The molecule has 0 aliphatic heterocycles. The number of rotatable bonds is 4. The summed E-state index contributed by atoms with van der Waals surface area (Å²) in [5.41, 5.74) is 2.07. The van der Waals surface area contributed by atoms with Crippen LogP contribution in [0, 0.1) is 12.7 Å². The van der Waals surface area contributed by atoms with E-state index in [9.17, 15) is 9.18 Å². The van der Waals surface area contributed by atoms with Gasteiger partial charge in [0, 0.05) is 22.0 Å². The zero-order chi connectivity index (χ0) is 18.0. The Morgan fingerprint density at radius 1 is 1.36 bits per heavy atom. The van der Waals surface area contributed by atoms with Gasteiger partial charge in [0.2, 0.25) is 0 Å². The molecule has 1 amide bonds. The number of carbonyl (C=O) groups is 1. The van der Waals surface area contributed by atoms with E-state index in [1.807, 2.05) is 6.92 Å². The van der Waals surface area contributed by atoms with Crippen LogP contribution >= 0.6 is 38.9 Å². The molecule has 0 bridgehead atoms. The van der Waals surface area contributed by atoms with E-state index in [0.717, 1.165) is 16.1 Å². The third-order valence-electron chi connectivity index (χ3n) is 3.44. The van der Waals surface area contributed by atoms with Crippen LogP contribution in [0.5, 0.6) is 0 Å². The topological polar surface area (TPSA) is 54.9 Å². The Balaban J connectivity index is 1.77. The van der Waals surface area contributed by atoms with Crippen LogP contribution in [0.1, 0.15) is 26.5 Å². The van der Waals surface area contributed by atoms with Crippen molar-refractivity contribution in [2.45, 2.75) is 13.3 Å². The minimum atomic E-state index is -0.374. The Morgan fingerprint density at radius 2 is 2.08 bits per heavy atom. The monoisotopic (exact) mass is 439 g/mol. The number of hydrogen-bond acceptors (Lipinski definition) is 4. The lowest BCUT2D eigenvalue weighted by Crippen LogP contribution is -2.12. The Labute approximate surface area is 161 Å². The van der Waals surface area contributed by atoms with E-state index in [4.69, 9.17) is 11.6 Å². The highest BCUT2D eigenvalue weighted by Crippen LogP contribution is 2.27. The van der Waals surface area contributed by atoms with Gasteiger partial charge in [0.05, 0.1) is 11.3 Å². The molecule has 1 N–H and O–H groups in total. The minimum Gasteiger partial charge on any atom is -0.298 e. The number of aryl methyl sites for hydroxylation is 1. The summed E-state index contributed by atoms with van der Waals surface area (Å²) >= 11 is 10.6. The molecule has 0 saturated heterocycles. The van der Waals surface area contributed by atoms with Crippen molar-refractivity contribution >= 4 is 49.9 Å². The fourth-order valence-electron chi connectivity index (χ4n) is 2.18. The van der Waals surface area contributed by atoms with E-state index in [-0.39, 0.29) is 22.4 Å². The molecule has 2 heterocycles. The second kappa shape index (κ2) is 7.59. The van der Waals surface area contributed by atoms with Crippen molar-refractivity contribution in [3.8, 4) is 0 Å². The molecule has 3 rings (SSSR count). The molecule has 0 fully saturated rings. The highest BCUT2D eigenvalue weighted by atomic mass is 79.9. The van der Waals surface area contributed by atoms with Crippen molar-refractivity contribution in [1.82, 2.24) is 9.97 Å². The third kappa shape index (κ3) is 4.42. The van der Waals surface area contributed by atoms with Crippen molar-refractivity contribution in [1.29, 1.82) is 0 Å². The SMILES string of the molecule is Cc1nc(NC(=O)c2cc(Br)cnc2Cl)sc1Cc1ccc(F)cc1. The van der Waals surface area contributed by atoms with Crippen LogP contribution in [0.25, 0.3) is 0 Å². The van der Waals surface area contributed by atoms with Gasteiger partial charge in [0.25, 0.3) is 5.91 Å². The van der Waals surface area contributed by atoms with Crippen molar-refractivity contribution in [2.75, 3.05) is 5.32 Å². The number of anilines is 1. The van der Waals surface area contributed by atoms with Gasteiger partial charge in [-0.2, -0.15) is 0 Å². The standard InChI is InChI=1S/C17H12BrClFN3OS/c1-9-14(6-10-2-4-12(20)5-3-10)25-17(22-9)23-16(24)13-7-11(18)8-21-15(13)19/h2-5,7-8H,6H2,1H3,(H,22,23,24). The number of carbonyl (C=O) groups excluding carboxylic acids is 1. The molecule has 3 aromatic rings. The molecule has 8 heteroatoms. The summed E-state index contributed by atoms with van der Waals surface area (Å²) in [6.07, 6.45) is 2.15. The maximum Gasteiger partial charge on any atom is 0.260 e. The van der Waals surface area contributed by atoms with Crippen molar-refractivity contribution in [3.63, 3.8) is 0 Å². The third-order valence-corrected chi connectivity index (χ3v) is 5.25. The van der Waals surface area contributed by atoms with Crippen molar-refractivity contribution in [2.24, 2.45) is 0 Å². The summed E-state index contributed by atoms with van der Waals surface area (Å²) in [5, 5.41) is 3.35. The van der Waals surface area contributed by atoms with Crippen LogP contribution in [0.15, 0.2) is 41.0 Å². The Bertz CT molecular complexity index is 930. The number of pyridine rings is 1. The average molecular weight is 441 g/mol. The van der Waals surface area contributed by atoms with Gasteiger partial charge < -0.3 is 0 Å². The molecular weight excluding hydrogens is 429 g/mol. The lowest BCUT2D eigenvalue weighted by atomic mass is 10.1. The first-order valence-electron chi connectivity index (χ1n) is 7.25. The molecule has 0 saturated carbocycles. The second-order valence-electron chi connectivity index (χ2n) is 5.28. The van der Waals surface area contributed by atoms with Gasteiger partial charge in [0.1, 0.15) is 11.0 Å². The van der Waals surface area contributed by atoms with Crippen LogP contribution in [0.2, 0.25) is 5.15 Å². The molecule has 0 aliphatic carbocycles. The Morgan fingerprint density at radius 3 is 2.80 bits per heavy atom. The molecule has 1 aromatic carbocycles. The summed E-state index contributed by atoms with van der Waals surface area (Å²) in [6.45, 7) is 1.87. The van der Waals surface area contributed by atoms with E-state index in [0.29, 0.717) is 16.0 Å². The van der Waals surface area contributed by atoms with Gasteiger partial charge in [-0.05, 0) is 46.6 Å². The van der Waals surface area contributed by atoms with Crippen molar-refractivity contribution < 1.29 is 9.18 Å². The largest absolute Gasteiger partial charge is 0.298 e. The fourth-order valence-corrected chi connectivity index (χ4v) is 3.69. The van der Waals surface area contributed by atoms with Crippen LogP contribution in [-0.4, -0.2) is 15.9 Å². The molecule has 0 spiro atoms.